The van der Waals surface area contributed by atoms with Crippen molar-refractivity contribution < 1.29 is 0 Å². The minimum Gasteiger partial charge on any atom is -0.331 e. The number of aromatic nitrogens is 2. The molecular formula is C18H17Cl2N3. The van der Waals surface area contributed by atoms with Crippen LogP contribution in [0.2, 0.25) is 10.0 Å². The van der Waals surface area contributed by atoms with E-state index in [1.165, 1.54) is 0 Å². The van der Waals surface area contributed by atoms with Crippen molar-refractivity contribution in [3.05, 3.63) is 70.3 Å². The number of rotatable bonds is 4. The zero-order valence-electron chi connectivity index (χ0n) is 12.6. The second kappa shape index (κ2) is 7.16. The molecule has 0 radical (unpaired) electrons. The predicted octanol–water partition coefficient (Wildman–Crippen LogP) is 5.40. The second-order valence-electron chi connectivity index (χ2n) is 5.53. The van der Waals surface area contributed by atoms with Crippen molar-refractivity contribution >= 4 is 34.5 Å². The molecule has 1 aromatic heterocycles. The molecule has 0 fully saturated rings. The fourth-order valence-corrected chi connectivity index (χ4v) is 3.29. The van der Waals surface area contributed by atoms with Crippen molar-refractivity contribution in [3.63, 3.8) is 0 Å². The largest absolute Gasteiger partial charge is 0.331 e. The van der Waals surface area contributed by atoms with Gasteiger partial charge in [0.25, 0.3) is 0 Å². The summed E-state index contributed by atoms with van der Waals surface area (Å²) in [5.41, 5.74) is 3.44. The van der Waals surface area contributed by atoms with Gasteiger partial charge in [-0.05, 0) is 37.0 Å². The second-order valence-corrected chi connectivity index (χ2v) is 6.38. The van der Waals surface area contributed by atoms with Crippen LogP contribution in [0.3, 0.4) is 0 Å². The first-order valence-electron chi connectivity index (χ1n) is 7.54. The molecule has 0 amide bonds. The molecule has 0 saturated heterocycles. The van der Waals surface area contributed by atoms with Crippen LogP contribution in [0.25, 0.3) is 5.57 Å². The van der Waals surface area contributed by atoms with Crippen molar-refractivity contribution in [2.45, 2.75) is 25.8 Å². The van der Waals surface area contributed by atoms with Crippen LogP contribution < -0.4 is 0 Å². The number of allylic oxidation sites excluding steroid dienone is 4. The summed E-state index contributed by atoms with van der Waals surface area (Å²) in [6.07, 6.45) is 12.7. The summed E-state index contributed by atoms with van der Waals surface area (Å²) in [5, 5.41) is 9.79. The van der Waals surface area contributed by atoms with Gasteiger partial charge in [0.05, 0.1) is 18.6 Å². The maximum atomic E-state index is 8.61. The van der Waals surface area contributed by atoms with Crippen LogP contribution in [0, 0.1) is 5.41 Å². The van der Waals surface area contributed by atoms with Gasteiger partial charge in [0, 0.05) is 33.6 Å². The molecule has 1 aliphatic carbocycles. The van der Waals surface area contributed by atoms with Gasteiger partial charge in [-0.15, -0.1) is 0 Å². The maximum absolute atomic E-state index is 8.61. The number of nitrogens with one attached hydrogen (secondary N) is 1. The average molecular weight is 346 g/mol. The van der Waals surface area contributed by atoms with Gasteiger partial charge in [-0.2, -0.15) is 0 Å². The summed E-state index contributed by atoms with van der Waals surface area (Å²) in [6, 6.07) is 5.45. The molecule has 1 N–H and O–H groups in total. The van der Waals surface area contributed by atoms with Crippen molar-refractivity contribution in [2.24, 2.45) is 0 Å². The molecule has 0 atom stereocenters. The van der Waals surface area contributed by atoms with Gasteiger partial charge in [0.2, 0.25) is 0 Å². The monoisotopic (exact) mass is 345 g/mol. The van der Waals surface area contributed by atoms with Crippen LogP contribution in [0.4, 0.5) is 0 Å². The van der Waals surface area contributed by atoms with E-state index < -0.39 is 0 Å². The Kier molecular flexibility index (Phi) is 4.99. The standard InChI is InChI=1S/C18H17Cl2N3/c19-14-6-7-15(16(20)10-14)18(13-4-2-1-3-5-13)17(21)11-23-9-8-22-12-23/h2,4,6-10,12,21H,1,3,5,11H2/b18-13+,21-17?. The topological polar surface area (TPSA) is 41.7 Å². The first-order valence-corrected chi connectivity index (χ1v) is 8.29. The predicted molar refractivity (Wildman–Crippen MR) is 96.3 cm³/mol. The number of nitrogens with zero attached hydrogens (tertiary/aromatic N) is 2. The number of benzene rings is 1. The van der Waals surface area contributed by atoms with Crippen LogP contribution in [0.1, 0.15) is 24.8 Å². The SMILES string of the molecule is N=C(Cn1ccnc1)/C(=C1\C=CCCC1)c1ccc(Cl)cc1Cl. The fourth-order valence-electron chi connectivity index (χ4n) is 2.79. The minimum atomic E-state index is 0.464. The number of halogens is 2. The van der Waals surface area contributed by atoms with Gasteiger partial charge in [0.1, 0.15) is 0 Å². The van der Waals surface area contributed by atoms with Crippen LogP contribution in [0.5, 0.6) is 0 Å². The van der Waals surface area contributed by atoms with Gasteiger partial charge in [-0.25, -0.2) is 4.98 Å². The molecule has 3 nitrogen and oxygen atoms in total. The van der Waals surface area contributed by atoms with Gasteiger partial charge in [-0.3, -0.25) is 0 Å². The normalized spacial score (nSPS) is 16.4. The first kappa shape index (κ1) is 16.0. The Morgan fingerprint density at radius 2 is 2.17 bits per heavy atom. The van der Waals surface area contributed by atoms with Crippen LogP contribution in [-0.2, 0) is 6.54 Å². The van der Waals surface area contributed by atoms with E-state index in [-0.39, 0.29) is 0 Å². The van der Waals surface area contributed by atoms with E-state index in [1.807, 2.05) is 22.9 Å². The minimum absolute atomic E-state index is 0.464. The summed E-state index contributed by atoms with van der Waals surface area (Å²) in [4.78, 5) is 4.04. The van der Waals surface area contributed by atoms with Crippen molar-refractivity contribution in [1.29, 1.82) is 5.41 Å². The third kappa shape index (κ3) is 3.74. The van der Waals surface area contributed by atoms with E-state index in [1.54, 1.807) is 18.6 Å². The maximum Gasteiger partial charge on any atom is 0.0949 e. The molecule has 0 bridgehead atoms. The van der Waals surface area contributed by atoms with E-state index in [9.17, 15) is 0 Å². The number of imidazole rings is 1. The Morgan fingerprint density at radius 3 is 2.83 bits per heavy atom. The zero-order valence-corrected chi connectivity index (χ0v) is 14.1. The average Bonchev–Trinajstić information content (AvgIpc) is 3.04. The lowest BCUT2D eigenvalue weighted by atomic mass is 9.90. The van der Waals surface area contributed by atoms with E-state index in [0.717, 1.165) is 36.0 Å². The Balaban J connectivity index is 2.05. The van der Waals surface area contributed by atoms with Gasteiger partial charge in [-0.1, -0.05) is 41.4 Å². The molecule has 118 valence electrons. The van der Waals surface area contributed by atoms with E-state index in [0.29, 0.717) is 22.3 Å². The highest BCUT2D eigenvalue weighted by Crippen LogP contribution is 2.33. The molecule has 1 heterocycles. The molecule has 1 aliphatic rings. The fraction of sp³-hybridized carbons (Fsp3) is 0.222. The van der Waals surface area contributed by atoms with Crippen molar-refractivity contribution in [3.8, 4) is 0 Å². The Labute approximate surface area is 145 Å². The smallest absolute Gasteiger partial charge is 0.0949 e. The summed E-state index contributed by atoms with van der Waals surface area (Å²) < 4.78 is 1.89. The molecule has 0 unspecified atom stereocenters. The van der Waals surface area contributed by atoms with Crippen LogP contribution in [0.15, 0.2) is 54.6 Å². The van der Waals surface area contributed by atoms with Crippen LogP contribution >= 0.6 is 23.2 Å². The zero-order chi connectivity index (χ0) is 16.2. The van der Waals surface area contributed by atoms with Gasteiger partial charge < -0.3 is 9.98 Å². The Bertz CT molecular complexity index is 774. The van der Waals surface area contributed by atoms with E-state index in [4.69, 9.17) is 28.6 Å². The third-order valence-corrected chi connectivity index (χ3v) is 4.41. The summed E-state index contributed by atoms with van der Waals surface area (Å²) in [5.74, 6) is 0. The lowest BCUT2D eigenvalue weighted by molar-refractivity contribution is 0.820. The number of hydrogen-bond donors (Lipinski definition) is 1. The lowest BCUT2D eigenvalue weighted by Crippen LogP contribution is -2.12. The summed E-state index contributed by atoms with van der Waals surface area (Å²) >= 11 is 12.4. The number of hydrogen-bond acceptors (Lipinski definition) is 2. The highest BCUT2D eigenvalue weighted by molar-refractivity contribution is 6.38. The Hall–Kier alpha value is -1.84. The molecule has 5 heteroatoms. The molecule has 0 aliphatic heterocycles. The van der Waals surface area contributed by atoms with Crippen LogP contribution in [-0.4, -0.2) is 15.3 Å². The van der Waals surface area contributed by atoms with E-state index >= 15 is 0 Å². The van der Waals surface area contributed by atoms with Gasteiger partial charge in [0.15, 0.2) is 0 Å². The highest BCUT2D eigenvalue weighted by Gasteiger charge is 2.17. The molecule has 0 saturated carbocycles. The summed E-state index contributed by atoms with van der Waals surface area (Å²) in [7, 11) is 0. The molecule has 23 heavy (non-hydrogen) atoms. The highest BCUT2D eigenvalue weighted by atomic mass is 35.5. The lowest BCUT2D eigenvalue weighted by Gasteiger charge is -2.18. The molecule has 3 rings (SSSR count). The molecule has 1 aromatic carbocycles. The van der Waals surface area contributed by atoms with Crippen molar-refractivity contribution in [2.75, 3.05) is 0 Å². The third-order valence-electron chi connectivity index (χ3n) is 3.86. The Morgan fingerprint density at radius 1 is 1.30 bits per heavy atom. The quantitative estimate of drug-likeness (QED) is 0.740. The van der Waals surface area contributed by atoms with Crippen molar-refractivity contribution in [1.82, 2.24) is 9.55 Å². The van der Waals surface area contributed by atoms with E-state index in [2.05, 4.69) is 17.1 Å². The summed E-state index contributed by atoms with van der Waals surface area (Å²) in [6.45, 7) is 0.464. The van der Waals surface area contributed by atoms with Gasteiger partial charge >= 0.3 is 0 Å². The molecular weight excluding hydrogens is 329 g/mol. The molecule has 0 spiro atoms. The first-order chi connectivity index (χ1) is 11.1. The molecule has 2 aromatic rings.